The van der Waals surface area contributed by atoms with Crippen LogP contribution in [0.1, 0.15) is 13.3 Å². The summed E-state index contributed by atoms with van der Waals surface area (Å²) in [4.78, 5) is 15.2. The second kappa shape index (κ2) is 4.67. The van der Waals surface area contributed by atoms with Crippen molar-refractivity contribution in [1.29, 1.82) is 0 Å². The van der Waals surface area contributed by atoms with Crippen LogP contribution in [0.25, 0.3) is 10.9 Å². The van der Waals surface area contributed by atoms with Gasteiger partial charge >= 0.3 is 5.97 Å². The molecule has 2 rings (SSSR count). The lowest BCUT2D eigenvalue weighted by Crippen LogP contribution is -2.06. The number of carbonyl (C=O) groups is 1. The van der Waals surface area contributed by atoms with Gasteiger partial charge in [0.25, 0.3) is 0 Å². The Kier molecular flexibility index (Phi) is 3.24. The Labute approximate surface area is 102 Å². The first-order valence-electron chi connectivity index (χ1n) is 5.06. The third kappa shape index (κ3) is 2.36. The first-order chi connectivity index (χ1) is 8.11. The summed E-state index contributed by atoms with van der Waals surface area (Å²) in [5, 5.41) is 0.417. The second-order valence-electron chi connectivity index (χ2n) is 3.42. The topological polar surface area (TPSA) is 39.2 Å². The highest BCUT2D eigenvalue weighted by Gasteiger charge is 2.10. The highest BCUT2D eigenvalue weighted by Crippen LogP contribution is 2.28. The molecule has 0 unspecified atom stereocenters. The molecule has 0 aliphatic carbocycles. The zero-order chi connectivity index (χ0) is 12.4. The Hall–Kier alpha value is -1.68. The fourth-order valence-electron chi connectivity index (χ4n) is 1.40. The van der Waals surface area contributed by atoms with Crippen LogP contribution in [0.2, 0.25) is 5.02 Å². The molecule has 0 atom stereocenters. The van der Waals surface area contributed by atoms with Gasteiger partial charge in [0.05, 0.1) is 10.5 Å². The van der Waals surface area contributed by atoms with E-state index in [4.69, 9.17) is 16.3 Å². The van der Waals surface area contributed by atoms with Crippen LogP contribution in [0, 0.1) is 5.82 Å². The quantitative estimate of drug-likeness (QED) is 0.771. The molecule has 0 fully saturated rings. The van der Waals surface area contributed by atoms with Gasteiger partial charge in [-0.1, -0.05) is 18.5 Å². The van der Waals surface area contributed by atoms with Crippen LogP contribution in [-0.4, -0.2) is 11.0 Å². The number of aromatic nitrogens is 1. The van der Waals surface area contributed by atoms with Gasteiger partial charge in [0, 0.05) is 18.0 Å². The highest BCUT2D eigenvalue weighted by atomic mass is 35.5. The molecule has 17 heavy (non-hydrogen) atoms. The van der Waals surface area contributed by atoms with Crippen molar-refractivity contribution in [3.8, 4) is 5.75 Å². The lowest BCUT2D eigenvalue weighted by atomic mass is 10.2. The molecule has 2 aromatic rings. The summed E-state index contributed by atoms with van der Waals surface area (Å²) >= 11 is 5.65. The molecule has 88 valence electrons. The van der Waals surface area contributed by atoms with Crippen molar-refractivity contribution in [1.82, 2.24) is 4.98 Å². The average molecular weight is 254 g/mol. The fourth-order valence-corrected chi connectivity index (χ4v) is 1.56. The van der Waals surface area contributed by atoms with Crippen LogP contribution in [0.4, 0.5) is 4.39 Å². The first kappa shape index (κ1) is 11.8. The van der Waals surface area contributed by atoms with Crippen LogP contribution >= 0.6 is 11.6 Å². The van der Waals surface area contributed by atoms with E-state index >= 15 is 0 Å². The minimum atomic E-state index is -0.569. The molecule has 0 aliphatic rings. The smallest absolute Gasteiger partial charge is 0.310 e. The van der Waals surface area contributed by atoms with Gasteiger partial charge in [-0.3, -0.25) is 9.78 Å². The van der Waals surface area contributed by atoms with E-state index in [2.05, 4.69) is 4.98 Å². The van der Waals surface area contributed by atoms with Gasteiger partial charge < -0.3 is 4.74 Å². The van der Waals surface area contributed by atoms with Crippen LogP contribution in [0.5, 0.6) is 5.75 Å². The maximum atomic E-state index is 13.3. The third-order valence-corrected chi connectivity index (χ3v) is 2.55. The third-order valence-electron chi connectivity index (χ3n) is 2.26. The van der Waals surface area contributed by atoms with Gasteiger partial charge in [-0.2, -0.15) is 0 Å². The molecule has 0 N–H and O–H groups in total. The molecule has 0 amide bonds. The van der Waals surface area contributed by atoms with Crippen molar-refractivity contribution in [3.63, 3.8) is 0 Å². The van der Waals surface area contributed by atoms with E-state index in [-0.39, 0.29) is 23.2 Å². The lowest BCUT2D eigenvalue weighted by Gasteiger charge is -2.06. The Morgan fingerprint density at radius 1 is 1.53 bits per heavy atom. The monoisotopic (exact) mass is 253 g/mol. The van der Waals surface area contributed by atoms with Crippen molar-refractivity contribution in [2.75, 3.05) is 0 Å². The zero-order valence-electron chi connectivity index (χ0n) is 9.04. The number of nitrogens with zero attached hydrogens (tertiary/aromatic N) is 1. The summed E-state index contributed by atoms with van der Waals surface area (Å²) in [6.45, 7) is 1.68. The Morgan fingerprint density at radius 3 is 3.00 bits per heavy atom. The summed E-state index contributed by atoms with van der Waals surface area (Å²) in [5.74, 6) is -0.661. The Balaban J connectivity index is 2.56. The molecule has 0 aliphatic heterocycles. The Morgan fingerprint density at radius 2 is 2.29 bits per heavy atom. The Bertz CT molecular complexity index is 586. The van der Waals surface area contributed by atoms with Gasteiger partial charge in [-0.05, 0) is 18.2 Å². The first-order valence-corrected chi connectivity index (χ1v) is 5.44. The number of halogens is 2. The molecule has 3 nitrogen and oxygen atoms in total. The van der Waals surface area contributed by atoms with Crippen LogP contribution in [-0.2, 0) is 4.79 Å². The van der Waals surface area contributed by atoms with Gasteiger partial charge in [-0.15, -0.1) is 0 Å². The highest BCUT2D eigenvalue weighted by molar-refractivity contribution is 6.31. The average Bonchev–Trinajstić information content (AvgIpc) is 2.31. The van der Waals surface area contributed by atoms with E-state index < -0.39 is 5.82 Å². The molecule has 0 saturated carbocycles. The molecule has 0 spiro atoms. The molecule has 5 heteroatoms. The molecule has 1 aromatic carbocycles. The van der Waals surface area contributed by atoms with E-state index in [0.717, 1.165) is 0 Å². The predicted octanol–water partition coefficient (Wildman–Crippen LogP) is 3.34. The largest absolute Gasteiger partial charge is 0.426 e. The molecule has 1 heterocycles. The van der Waals surface area contributed by atoms with Gasteiger partial charge in [0.2, 0.25) is 0 Å². The summed E-state index contributed by atoms with van der Waals surface area (Å²) < 4.78 is 18.4. The zero-order valence-corrected chi connectivity index (χ0v) is 9.79. The summed E-state index contributed by atoms with van der Waals surface area (Å²) in [6.07, 6.45) is 1.73. The normalized spacial score (nSPS) is 10.5. The number of hydrogen-bond acceptors (Lipinski definition) is 3. The van der Waals surface area contributed by atoms with Gasteiger partial charge in [-0.25, -0.2) is 4.39 Å². The number of pyridine rings is 1. The summed E-state index contributed by atoms with van der Waals surface area (Å²) in [7, 11) is 0. The van der Waals surface area contributed by atoms with E-state index in [9.17, 15) is 9.18 Å². The van der Waals surface area contributed by atoms with E-state index in [1.807, 2.05) is 0 Å². The molecule has 1 aromatic heterocycles. The molecule has 0 radical (unpaired) electrons. The van der Waals surface area contributed by atoms with Crippen molar-refractivity contribution in [2.45, 2.75) is 13.3 Å². The summed E-state index contributed by atoms with van der Waals surface area (Å²) in [6, 6.07) is 4.13. The van der Waals surface area contributed by atoms with Crippen molar-refractivity contribution < 1.29 is 13.9 Å². The van der Waals surface area contributed by atoms with Gasteiger partial charge in [0.1, 0.15) is 11.6 Å². The number of rotatable bonds is 2. The minimum absolute atomic E-state index is 0.0102. The van der Waals surface area contributed by atoms with Gasteiger partial charge in [0.15, 0.2) is 0 Å². The van der Waals surface area contributed by atoms with Crippen LogP contribution in [0.15, 0.2) is 24.4 Å². The minimum Gasteiger partial charge on any atom is -0.426 e. The number of ether oxygens (including phenoxy) is 1. The van der Waals surface area contributed by atoms with Crippen molar-refractivity contribution in [3.05, 3.63) is 35.2 Å². The number of fused-ring (bicyclic) bond motifs is 1. The molecule has 0 bridgehead atoms. The molecule has 0 saturated heterocycles. The number of hydrogen-bond donors (Lipinski definition) is 0. The lowest BCUT2D eigenvalue weighted by molar-refractivity contribution is -0.133. The van der Waals surface area contributed by atoms with Crippen molar-refractivity contribution in [2.24, 2.45) is 0 Å². The van der Waals surface area contributed by atoms with E-state index in [0.29, 0.717) is 10.9 Å². The maximum Gasteiger partial charge on any atom is 0.310 e. The SMILES string of the molecule is CCC(=O)Oc1ccnc2cc(Cl)c(F)cc12. The number of esters is 1. The second-order valence-corrected chi connectivity index (χ2v) is 3.83. The number of carbonyl (C=O) groups excluding carboxylic acids is 1. The van der Waals surface area contributed by atoms with E-state index in [1.54, 1.807) is 6.92 Å². The van der Waals surface area contributed by atoms with E-state index in [1.165, 1.54) is 24.4 Å². The van der Waals surface area contributed by atoms with Crippen LogP contribution in [0.3, 0.4) is 0 Å². The predicted molar refractivity (Wildman–Crippen MR) is 62.6 cm³/mol. The number of benzene rings is 1. The summed E-state index contributed by atoms with van der Waals surface area (Å²) in [5.41, 5.74) is 0.484. The molecular formula is C12H9ClFNO2. The maximum absolute atomic E-state index is 13.3. The standard InChI is InChI=1S/C12H9ClFNO2/c1-2-12(16)17-11-3-4-15-10-6-8(13)9(14)5-7(10)11/h3-6H,2H2,1H3. The molecular weight excluding hydrogens is 245 g/mol. The van der Waals surface area contributed by atoms with Crippen LogP contribution < -0.4 is 4.74 Å². The fraction of sp³-hybridized carbons (Fsp3) is 0.167. The van der Waals surface area contributed by atoms with Crippen molar-refractivity contribution >= 4 is 28.5 Å².